The second-order valence-electron chi connectivity index (χ2n) is 5.73. The van der Waals surface area contributed by atoms with Crippen LogP contribution in [0.4, 0.5) is 5.69 Å². The van der Waals surface area contributed by atoms with Crippen molar-refractivity contribution in [1.29, 1.82) is 0 Å². The number of carbonyl (C=O) groups excluding carboxylic acids is 1. The van der Waals surface area contributed by atoms with Crippen molar-refractivity contribution in [2.75, 3.05) is 18.6 Å². The predicted octanol–water partition coefficient (Wildman–Crippen LogP) is 3.06. The lowest BCUT2D eigenvalue weighted by molar-refractivity contribution is -0.110. The molecular weight excluding hydrogens is 283 g/mol. The van der Waals surface area contributed by atoms with Crippen LogP contribution in [0.5, 0.6) is 0 Å². The highest BCUT2D eigenvalue weighted by Crippen LogP contribution is 2.36. The van der Waals surface area contributed by atoms with E-state index in [4.69, 9.17) is 0 Å². The highest BCUT2D eigenvalue weighted by atomic mass is 31.2. The fourth-order valence-corrected chi connectivity index (χ4v) is 3.22. The predicted molar refractivity (Wildman–Crippen MR) is 87.6 cm³/mol. The molecule has 21 heavy (non-hydrogen) atoms. The highest BCUT2D eigenvalue weighted by Gasteiger charge is 2.24. The van der Waals surface area contributed by atoms with Gasteiger partial charge in [-0.2, -0.15) is 0 Å². The monoisotopic (exact) mass is 300 g/mol. The van der Waals surface area contributed by atoms with Gasteiger partial charge < -0.3 is 14.9 Å². The Balaban J connectivity index is 2.05. The number of aryl methyl sites for hydroxylation is 1. The number of amides is 1. The molecule has 1 aromatic carbocycles. The summed E-state index contributed by atoms with van der Waals surface area (Å²) >= 11 is 0. The number of aromatic nitrogens is 1. The van der Waals surface area contributed by atoms with E-state index < -0.39 is 7.14 Å². The molecule has 1 aliphatic heterocycles. The molecular formula is C16H17N2O2P. The van der Waals surface area contributed by atoms with Crippen molar-refractivity contribution in [3.8, 4) is 0 Å². The molecule has 2 N–H and O–H groups in total. The average molecular weight is 300 g/mol. The van der Waals surface area contributed by atoms with E-state index >= 15 is 0 Å². The standard InChI is InChI=1S/C16H17N2O2P/c1-10-4-5-15-13(6-10)14(16(19)18-15)8-11-7-12(9-17-11)21(2,3)20/h4-9,17H,1-3H3,(H,18,19). The first-order valence-corrected chi connectivity index (χ1v) is 9.33. The molecule has 1 aromatic heterocycles. The Morgan fingerprint density at radius 2 is 1.95 bits per heavy atom. The molecule has 0 saturated heterocycles. The molecule has 108 valence electrons. The van der Waals surface area contributed by atoms with E-state index in [1.807, 2.05) is 31.2 Å². The number of hydrogen-bond donors (Lipinski definition) is 2. The molecule has 1 amide bonds. The van der Waals surface area contributed by atoms with Crippen LogP contribution in [0.1, 0.15) is 16.8 Å². The van der Waals surface area contributed by atoms with E-state index in [0.29, 0.717) is 5.57 Å². The van der Waals surface area contributed by atoms with Crippen LogP contribution in [0.3, 0.4) is 0 Å². The first-order chi connectivity index (χ1) is 9.84. The van der Waals surface area contributed by atoms with Crippen LogP contribution in [-0.2, 0) is 9.36 Å². The average Bonchev–Trinajstić information content (AvgIpc) is 2.96. The molecule has 2 aromatic rings. The third-order valence-corrected chi connectivity index (χ3v) is 5.07. The Kier molecular flexibility index (Phi) is 3.14. The normalized spacial score (nSPS) is 16.1. The van der Waals surface area contributed by atoms with E-state index in [9.17, 15) is 9.36 Å². The fraction of sp³-hybridized carbons (Fsp3) is 0.188. The van der Waals surface area contributed by atoms with Gasteiger partial charge in [0.15, 0.2) is 0 Å². The first-order valence-electron chi connectivity index (χ1n) is 6.72. The number of rotatable bonds is 2. The summed E-state index contributed by atoms with van der Waals surface area (Å²) in [6.45, 7) is 5.46. The summed E-state index contributed by atoms with van der Waals surface area (Å²) in [5.74, 6) is -0.108. The van der Waals surface area contributed by atoms with Crippen LogP contribution in [0.2, 0.25) is 0 Å². The van der Waals surface area contributed by atoms with Crippen LogP contribution < -0.4 is 10.6 Å². The van der Waals surface area contributed by atoms with Gasteiger partial charge in [0.25, 0.3) is 5.91 Å². The molecule has 5 heteroatoms. The minimum absolute atomic E-state index is 0.108. The van der Waals surface area contributed by atoms with Gasteiger partial charge in [-0.05, 0) is 44.5 Å². The lowest BCUT2D eigenvalue weighted by Gasteiger charge is -2.01. The van der Waals surface area contributed by atoms with Gasteiger partial charge in [-0.15, -0.1) is 0 Å². The van der Waals surface area contributed by atoms with Gasteiger partial charge >= 0.3 is 0 Å². The quantitative estimate of drug-likeness (QED) is 0.661. The van der Waals surface area contributed by atoms with Gasteiger partial charge in [0.05, 0.1) is 5.57 Å². The van der Waals surface area contributed by atoms with Crippen LogP contribution in [-0.4, -0.2) is 24.2 Å². The topological polar surface area (TPSA) is 62.0 Å². The Bertz CT molecular complexity index is 811. The lowest BCUT2D eigenvalue weighted by atomic mass is 10.0. The summed E-state index contributed by atoms with van der Waals surface area (Å²) in [4.78, 5) is 15.2. The SMILES string of the molecule is Cc1ccc2c(c1)C(=Cc1cc(P(C)(C)=O)c[nH]1)C(=O)N2. The van der Waals surface area contributed by atoms with Gasteiger partial charge in [-0.1, -0.05) is 11.6 Å². The summed E-state index contributed by atoms with van der Waals surface area (Å²) in [5.41, 5.74) is 4.26. The Labute approximate surface area is 123 Å². The summed E-state index contributed by atoms with van der Waals surface area (Å²) in [7, 11) is -2.29. The lowest BCUT2D eigenvalue weighted by Crippen LogP contribution is -2.03. The van der Waals surface area contributed by atoms with Crippen molar-refractivity contribution in [2.24, 2.45) is 0 Å². The molecule has 0 unspecified atom stereocenters. The van der Waals surface area contributed by atoms with E-state index in [2.05, 4.69) is 10.3 Å². The van der Waals surface area contributed by atoms with Crippen molar-refractivity contribution in [2.45, 2.75) is 6.92 Å². The maximum absolute atomic E-state index is 12.1. The highest BCUT2D eigenvalue weighted by molar-refractivity contribution is 7.70. The zero-order valence-corrected chi connectivity index (χ0v) is 13.1. The molecule has 0 spiro atoms. The van der Waals surface area contributed by atoms with Gasteiger partial charge in [0.2, 0.25) is 0 Å². The van der Waals surface area contributed by atoms with E-state index in [1.165, 1.54) is 0 Å². The molecule has 0 aliphatic carbocycles. The molecule has 0 saturated carbocycles. The van der Waals surface area contributed by atoms with E-state index in [0.717, 1.165) is 27.8 Å². The van der Waals surface area contributed by atoms with Crippen LogP contribution in [0.25, 0.3) is 11.6 Å². The van der Waals surface area contributed by atoms with Crippen molar-refractivity contribution in [3.05, 3.63) is 47.3 Å². The Morgan fingerprint density at radius 3 is 2.62 bits per heavy atom. The number of benzene rings is 1. The zero-order chi connectivity index (χ0) is 15.2. The molecule has 0 fully saturated rings. The number of nitrogens with one attached hydrogen (secondary N) is 2. The first kappa shape index (κ1) is 13.9. The number of carbonyl (C=O) groups is 1. The number of hydrogen-bond acceptors (Lipinski definition) is 2. The van der Waals surface area contributed by atoms with Gasteiger partial charge in [0, 0.05) is 28.4 Å². The van der Waals surface area contributed by atoms with Crippen LogP contribution in [0, 0.1) is 6.92 Å². The second-order valence-corrected chi connectivity index (χ2v) is 8.94. The minimum atomic E-state index is -2.29. The van der Waals surface area contributed by atoms with Crippen molar-refractivity contribution in [3.63, 3.8) is 0 Å². The van der Waals surface area contributed by atoms with Gasteiger partial charge in [-0.3, -0.25) is 4.79 Å². The zero-order valence-electron chi connectivity index (χ0n) is 12.2. The second kappa shape index (κ2) is 4.74. The summed E-state index contributed by atoms with van der Waals surface area (Å²) in [6, 6.07) is 7.72. The summed E-state index contributed by atoms with van der Waals surface area (Å²) in [6.07, 6.45) is 3.55. The largest absolute Gasteiger partial charge is 0.361 e. The molecule has 4 nitrogen and oxygen atoms in total. The van der Waals surface area contributed by atoms with Gasteiger partial charge in [0.1, 0.15) is 7.14 Å². The van der Waals surface area contributed by atoms with Crippen molar-refractivity contribution >= 4 is 35.7 Å². The smallest absolute Gasteiger partial charge is 0.256 e. The number of H-pyrrole nitrogens is 1. The van der Waals surface area contributed by atoms with E-state index in [1.54, 1.807) is 25.6 Å². The minimum Gasteiger partial charge on any atom is -0.361 e. The Hall–Kier alpha value is -2.06. The maximum atomic E-state index is 12.1. The van der Waals surface area contributed by atoms with Crippen LogP contribution >= 0.6 is 7.14 Å². The van der Waals surface area contributed by atoms with E-state index in [-0.39, 0.29) is 5.91 Å². The van der Waals surface area contributed by atoms with Gasteiger partial charge in [-0.25, -0.2) is 0 Å². The van der Waals surface area contributed by atoms with Crippen molar-refractivity contribution < 1.29 is 9.36 Å². The third-order valence-electron chi connectivity index (χ3n) is 3.57. The maximum Gasteiger partial charge on any atom is 0.256 e. The van der Waals surface area contributed by atoms with Crippen LogP contribution in [0.15, 0.2) is 30.5 Å². The molecule has 1 aliphatic rings. The number of anilines is 1. The molecule has 0 radical (unpaired) electrons. The molecule has 3 rings (SSSR count). The third kappa shape index (κ3) is 2.59. The Morgan fingerprint density at radius 1 is 1.19 bits per heavy atom. The van der Waals surface area contributed by atoms with Crippen molar-refractivity contribution in [1.82, 2.24) is 4.98 Å². The summed E-state index contributed by atoms with van der Waals surface area (Å²) < 4.78 is 12.1. The summed E-state index contributed by atoms with van der Waals surface area (Å²) in [5, 5.41) is 3.65. The number of fused-ring (bicyclic) bond motifs is 1. The molecule has 0 bridgehead atoms. The fourth-order valence-electron chi connectivity index (χ4n) is 2.39. The molecule has 0 atom stereocenters. The number of aromatic amines is 1. The molecule has 2 heterocycles.